The van der Waals surface area contributed by atoms with Gasteiger partial charge in [-0.05, 0) is 116 Å². The lowest BCUT2D eigenvalue weighted by atomic mass is 10.1. The number of carbonyl (C=O) groups is 3. The maximum Gasteiger partial charge on any atom is 0.305 e. The highest BCUT2D eigenvalue weighted by Crippen LogP contribution is 2.18. The molecule has 1 saturated heterocycles. The van der Waals surface area contributed by atoms with Gasteiger partial charge in [-0.2, -0.15) is 0 Å². The Morgan fingerprint density at radius 1 is 0.418 bits per heavy atom. The number of nitrogens with zero attached hydrogens (tertiary/aromatic N) is 2. The minimum absolute atomic E-state index is 0.0753. The molecule has 452 valence electrons. The fraction of sp³-hybridized carbons (Fsp3) is 0.836. The highest BCUT2D eigenvalue weighted by Gasteiger charge is 2.28. The Labute approximate surface area is 484 Å². The molecule has 12 nitrogen and oxygen atoms in total. The molecule has 0 aromatic heterocycles. The maximum absolute atomic E-state index is 14.4. The first-order valence-corrected chi connectivity index (χ1v) is 32.0. The summed E-state index contributed by atoms with van der Waals surface area (Å²) < 4.78 is 42.8. The Bertz CT molecular complexity index is 1570. The summed E-state index contributed by atoms with van der Waals surface area (Å²) in [6.45, 7) is 18.6. The SMILES string of the molecule is CCCCC#CCCOC(CCCCC(=O)OCC(COC(=O)CCCCC(OCCC#CCCCC)OCCC#CCCCC)N(CCCN1CCCC1)C(=O)CCOC(CCC)CCCCCC)OCCC#CCCCC. The molecule has 79 heavy (non-hydrogen) atoms. The summed E-state index contributed by atoms with van der Waals surface area (Å²) in [6.07, 6.45) is 29.6. The molecule has 1 aliphatic rings. The van der Waals surface area contributed by atoms with Crippen molar-refractivity contribution in [2.75, 3.05) is 72.4 Å². The monoisotopic (exact) mass is 1110 g/mol. The maximum atomic E-state index is 14.4. The van der Waals surface area contributed by atoms with Crippen LogP contribution >= 0.6 is 0 Å². The zero-order chi connectivity index (χ0) is 57.3. The second kappa shape index (κ2) is 56.3. The van der Waals surface area contributed by atoms with Crippen LogP contribution in [0.15, 0.2) is 0 Å². The molecule has 0 saturated carbocycles. The van der Waals surface area contributed by atoms with E-state index in [1.807, 2.05) is 0 Å². The van der Waals surface area contributed by atoms with E-state index >= 15 is 0 Å². The molecule has 0 aromatic rings. The van der Waals surface area contributed by atoms with E-state index < -0.39 is 18.6 Å². The molecule has 0 bridgehead atoms. The quantitative estimate of drug-likeness (QED) is 0.0250. The lowest BCUT2D eigenvalue weighted by Crippen LogP contribution is -2.47. The van der Waals surface area contributed by atoms with Crippen LogP contribution < -0.4 is 0 Å². The van der Waals surface area contributed by atoms with Crippen molar-refractivity contribution < 1.29 is 47.5 Å². The smallest absolute Gasteiger partial charge is 0.305 e. The molecule has 0 aromatic carbocycles. The molecule has 0 radical (unpaired) electrons. The highest BCUT2D eigenvalue weighted by atomic mass is 16.7. The van der Waals surface area contributed by atoms with Crippen LogP contribution in [-0.4, -0.2) is 125 Å². The van der Waals surface area contributed by atoms with Crippen molar-refractivity contribution >= 4 is 17.8 Å². The van der Waals surface area contributed by atoms with Crippen LogP contribution in [-0.2, 0) is 47.5 Å². The zero-order valence-electron chi connectivity index (χ0n) is 51.3. The fourth-order valence-electron chi connectivity index (χ4n) is 8.94. The molecule has 12 heteroatoms. The van der Waals surface area contributed by atoms with Crippen LogP contribution in [0.5, 0.6) is 0 Å². The summed E-state index contributed by atoms with van der Waals surface area (Å²) in [6, 6.07) is -0.651. The van der Waals surface area contributed by atoms with Gasteiger partial charge in [-0.15, -0.1) is 47.4 Å². The summed E-state index contributed by atoms with van der Waals surface area (Å²) in [5, 5.41) is 0. The third-order valence-electron chi connectivity index (χ3n) is 13.8. The van der Waals surface area contributed by atoms with Gasteiger partial charge in [-0.1, -0.05) is 99.3 Å². The lowest BCUT2D eigenvalue weighted by Gasteiger charge is -2.32. The average molecular weight is 1110 g/mol. The third kappa shape index (κ3) is 45.7. The van der Waals surface area contributed by atoms with Crippen molar-refractivity contribution in [3.63, 3.8) is 0 Å². The number of hydrogen-bond acceptors (Lipinski definition) is 11. The van der Waals surface area contributed by atoms with Gasteiger partial charge < -0.3 is 43.0 Å². The first kappa shape index (κ1) is 73.4. The van der Waals surface area contributed by atoms with Gasteiger partial charge in [0.15, 0.2) is 12.6 Å². The van der Waals surface area contributed by atoms with E-state index in [9.17, 15) is 14.4 Å². The van der Waals surface area contributed by atoms with E-state index in [1.54, 1.807) is 4.90 Å². The first-order valence-electron chi connectivity index (χ1n) is 32.0. The van der Waals surface area contributed by atoms with Crippen molar-refractivity contribution in [1.29, 1.82) is 0 Å². The molecule has 0 spiro atoms. The van der Waals surface area contributed by atoms with Gasteiger partial charge in [-0.3, -0.25) is 14.4 Å². The van der Waals surface area contributed by atoms with Crippen molar-refractivity contribution in [2.24, 2.45) is 0 Å². The van der Waals surface area contributed by atoms with Crippen LogP contribution in [0.4, 0.5) is 0 Å². The first-order chi connectivity index (χ1) is 38.8. The van der Waals surface area contributed by atoms with Gasteiger partial charge in [0, 0.05) is 70.8 Å². The second-order valence-electron chi connectivity index (χ2n) is 21.1. The minimum atomic E-state index is -0.651. The predicted octanol–water partition coefficient (Wildman–Crippen LogP) is 14.5. The van der Waals surface area contributed by atoms with E-state index in [1.165, 1.54) is 32.1 Å². The number of ether oxygens (including phenoxy) is 7. The minimum Gasteiger partial charge on any atom is -0.463 e. The number of amides is 1. The molecular formula is C67H114N2O10. The van der Waals surface area contributed by atoms with Gasteiger partial charge in [-0.25, -0.2) is 0 Å². The molecule has 1 amide bonds. The Hall–Kier alpha value is -3.59. The molecule has 1 fully saturated rings. The largest absolute Gasteiger partial charge is 0.463 e. The van der Waals surface area contributed by atoms with Gasteiger partial charge in [0.25, 0.3) is 0 Å². The Kier molecular flexibility index (Phi) is 52.3. The lowest BCUT2D eigenvalue weighted by molar-refractivity contribution is -0.155. The topological polar surface area (TPSA) is 122 Å². The van der Waals surface area contributed by atoms with Crippen molar-refractivity contribution in [1.82, 2.24) is 9.80 Å². The van der Waals surface area contributed by atoms with Crippen LogP contribution in [0.25, 0.3) is 0 Å². The number of esters is 2. The van der Waals surface area contributed by atoms with Gasteiger partial charge in [0.1, 0.15) is 13.2 Å². The molecule has 1 atom stereocenters. The van der Waals surface area contributed by atoms with Gasteiger partial charge in [0.2, 0.25) is 5.91 Å². The average Bonchev–Trinajstić information content (AvgIpc) is 3.98. The number of hydrogen-bond donors (Lipinski definition) is 0. The summed E-state index contributed by atoms with van der Waals surface area (Å²) in [7, 11) is 0. The van der Waals surface area contributed by atoms with E-state index in [0.29, 0.717) is 104 Å². The van der Waals surface area contributed by atoms with Gasteiger partial charge >= 0.3 is 11.9 Å². The summed E-state index contributed by atoms with van der Waals surface area (Å²) >= 11 is 0. The van der Waals surface area contributed by atoms with Crippen LogP contribution in [0.3, 0.4) is 0 Å². The van der Waals surface area contributed by atoms with Gasteiger partial charge in [0.05, 0.1) is 51.6 Å². The van der Waals surface area contributed by atoms with E-state index in [-0.39, 0.29) is 56.4 Å². The highest BCUT2D eigenvalue weighted by molar-refractivity contribution is 5.77. The van der Waals surface area contributed by atoms with Crippen molar-refractivity contribution in [3.8, 4) is 47.4 Å². The zero-order valence-corrected chi connectivity index (χ0v) is 51.3. The Balaban J connectivity index is 3.12. The molecular weight excluding hydrogens is 993 g/mol. The summed E-state index contributed by atoms with van der Waals surface area (Å²) in [5.41, 5.74) is 0. The summed E-state index contributed by atoms with van der Waals surface area (Å²) in [4.78, 5) is 45.6. The van der Waals surface area contributed by atoms with Crippen LogP contribution in [0, 0.1) is 47.4 Å². The van der Waals surface area contributed by atoms with Crippen molar-refractivity contribution in [2.45, 2.75) is 291 Å². The van der Waals surface area contributed by atoms with E-state index in [4.69, 9.17) is 33.2 Å². The number of carbonyl (C=O) groups excluding carboxylic acids is 3. The van der Waals surface area contributed by atoms with Crippen LogP contribution in [0.2, 0.25) is 0 Å². The number of unbranched alkanes of at least 4 members (excludes halogenated alkanes) is 13. The molecule has 1 rings (SSSR count). The number of rotatable bonds is 50. The van der Waals surface area contributed by atoms with Crippen molar-refractivity contribution in [3.05, 3.63) is 0 Å². The molecule has 1 unspecified atom stereocenters. The molecule has 0 N–H and O–H groups in total. The number of likely N-dealkylation sites (tertiary alicyclic amines) is 1. The van der Waals surface area contributed by atoms with E-state index in [2.05, 4.69) is 93.8 Å². The third-order valence-corrected chi connectivity index (χ3v) is 13.8. The Morgan fingerprint density at radius 3 is 1.25 bits per heavy atom. The normalized spacial score (nSPS) is 12.6. The molecule has 1 aliphatic heterocycles. The standard InChI is InChI=1S/C67H114N2O10/c1-7-13-18-23-27-38-54-74-66(75-55-39-28-24-19-14-8-2)47-34-32-45-64(71)78-59-61(69(53-42-52-68-50-36-37-51-68)63(70)49-58-73-62(43-12-6)44-31-22-17-11-5)60-79-65(72)46-33-35-48-67(76-56-40-29-25-20-15-9-3)77-57-41-30-26-21-16-10-4/h61-62,66-67H,7-22,31-60H2,1-6H3. The van der Waals surface area contributed by atoms with Crippen LogP contribution in [0.1, 0.15) is 266 Å². The summed E-state index contributed by atoms with van der Waals surface area (Å²) in [5.74, 6) is 24.9. The molecule has 1 heterocycles. The predicted molar refractivity (Wildman–Crippen MR) is 322 cm³/mol. The second-order valence-corrected chi connectivity index (χ2v) is 21.1. The Morgan fingerprint density at radius 2 is 0.835 bits per heavy atom. The molecule has 0 aliphatic carbocycles. The van der Waals surface area contributed by atoms with E-state index in [0.717, 1.165) is 129 Å². The fourth-order valence-corrected chi connectivity index (χ4v) is 8.94.